The van der Waals surface area contributed by atoms with Gasteiger partial charge in [-0.15, -0.1) is 0 Å². The number of carboxylic acids is 1. The zero-order valence-corrected chi connectivity index (χ0v) is 15.0. The van der Waals surface area contributed by atoms with Crippen LogP contribution in [0.3, 0.4) is 0 Å². The van der Waals surface area contributed by atoms with Crippen LogP contribution in [-0.4, -0.2) is 76.0 Å². The SMILES string of the molecule is COc1c(C(=O)CC(=O)OC2OC(C(=O)O)C(O)C(O)C2O)ccc2occc12. The molecule has 0 saturated carbocycles. The van der Waals surface area contributed by atoms with Gasteiger partial charge >= 0.3 is 11.9 Å². The fourth-order valence-electron chi connectivity index (χ4n) is 3.00. The molecule has 4 N–H and O–H groups in total. The lowest BCUT2D eigenvalue weighted by Crippen LogP contribution is -2.60. The van der Waals surface area contributed by atoms with Crippen molar-refractivity contribution in [1.29, 1.82) is 0 Å². The number of furan rings is 1. The second-order valence-corrected chi connectivity index (χ2v) is 6.30. The number of carbonyl (C=O) groups is 3. The highest BCUT2D eigenvalue weighted by atomic mass is 16.7. The Bertz CT molecular complexity index is 933. The summed E-state index contributed by atoms with van der Waals surface area (Å²) in [4.78, 5) is 35.7. The number of carbonyl (C=O) groups excluding carboxylic acids is 2. The number of Topliss-reactive ketones (excluding diaryl/α,β-unsaturated/α-hetero) is 1. The molecule has 0 radical (unpaired) electrons. The van der Waals surface area contributed by atoms with Crippen LogP contribution in [0.1, 0.15) is 16.8 Å². The normalized spacial score (nSPS) is 26.8. The first-order valence-corrected chi connectivity index (χ1v) is 8.44. The Balaban J connectivity index is 1.72. The number of aliphatic carboxylic acids is 1. The van der Waals surface area contributed by atoms with Crippen molar-refractivity contribution in [1.82, 2.24) is 0 Å². The van der Waals surface area contributed by atoms with E-state index in [0.29, 0.717) is 11.0 Å². The Hall–Kier alpha value is -2.99. The molecule has 3 rings (SSSR count). The van der Waals surface area contributed by atoms with E-state index in [1.807, 2.05) is 0 Å². The summed E-state index contributed by atoms with van der Waals surface area (Å²) in [5.74, 6) is -3.23. The van der Waals surface area contributed by atoms with Gasteiger partial charge < -0.3 is 39.1 Å². The Labute approximate surface area is 163 Å². The average molecular weight is 410 g/mol. The van der Waals surface area contributed by atoms with E-state index in [0.717, 1.165) is 0 Å². The zero-order chi connectivity index (χ0) is 21.3. The Morgan fingerprint density at radius 2 is 1.79 bits per heavy atom. The van der Waals surface area contributed by atoms with Crippen LogP contribution >= 0.6 is 0 Å². The number of methoxy groups -OCH3 is 1. The number of hydrogen-bond donors (Lipinski definition) is 4. The molecule has 2 aromatic rings. The second-order valence-electron chi connectivity index (χ2n) is 6.30. The van der Waals surface area contributed by atoms with Crippen molar-refractivity contribution in [2.75, 3.05) is 7.11 Å². The van der Waals surface area contributed by atoms with Crippen LogP contribution in [0.25, 0.3) is 11.0 Å². The molecule has 11 nitrogen and oxygen atoms in total. The predicted molar refractivity (Wildman–Crippen MR) is 92.1 cm³/mol. The molecule has 1 aliphatic heterocycles. The third-order valence-electron chi connectivity index (χ3n) is 4.46. The van der Waals surface area contributed by atoms with Crippen LogP contribution in [0, 0.1) is 0 Å². The topological polar surface area (TPSA) is 173 Å². The minimum absolute atomic E-state index is 0.0855. The van der Waals surface area contributed by atoms with Gasteiger partial charge in [-0.1, -0.05) is 0 Å². The smallest absolute Gasteiger partial charge is 0.335 e. The molecule has 0 spiro atoms. The lowest BCUT2D eigenvalue weighted by molar-refractivity contribution is -0.286. The Morgan fingerprint density at radius 1 is 1.07 bits per heavy atom. The first-order chi connectivity index (χ1) is 13.7. The molecular formula is C18H18O11. The maximum Gasteiger partial charge on any atom is 0.335 e. The highest BCUT2D eigenvalue weighted by Crippen LogP contribution is 2.31. The molecule has 1 saturated heterocycles. The minimum Gasteiger partial charge on any atom is -0.495 e. The largest absolute Gasteiger partial charge is 0.495 e. The van der Waals surface area contributed by atoms with Gasteiger partial charge in [-0.05, 0) is 18.2 Å². The predicted octanol–water partition coefficient (Wildman–Crippen LogP) is -0.550. The van der Waals surface area contributed by atoms with Gasteiger partial charge in [0.25, 0.3) is 0 Å². The van der Waals surface area contributed by atoms with Gasteiger partial charge in [0.1, 0.15) is 36.1 Å². The maximum atomic E-state index is 12.5. The molecule has 29 heavy (non-hydrogen) atoms. The van der Waals surface area contributed by atoms with Crippen LogP contribution in [-0.2, 0) is 19.1 Å². The maximum absolute atomic E-state index is 12.5. The van der Waals surface area contributed by atoms with Gasteiger partial charge in [-0.2, -0.15) is 0 Å². The van der Waals surface area contributed by atoms with Crippen LogP contribution in [0.2, 0.25) is 0 Å². The molecular weight excluding hydrogens is 392 g/mol. The average Bonchev–Trinajstić information content (AvgIpc) is 3.16. The van der Waals surface area contributed by atoms with E-state index in [-0.39, 0.29) is 11.3 Å². The summed E-state index contributed by atoms with van der Waals surface area (Å²) >= 11 is 0. The van der Waals surface area contributed by atoms with Crippen molar-refractivity contribution in [2.45, 2.75) is 37.1 Å². The number of rotatable bonds is 6. The van der Waals surface area contributed by atoms with Crippen LogP contribution in [0.4, 0.5) is 0 Å². The molecule has 11 heteroatoms. The van der Waals surface area contributed by atoms with Gasteiger partial charge in [-0.3, -0.25) is 9.59 Å². The number of ether oxygens (including phenoxy) is 3. The number of esters is 1. The molecule has 5 atom stereocenters. The van der Waals surface area contributed by atoms with E-state index < -0.39 is 54.8 Å². The van der Waals surface area contributed by atoms with Crippen LogP contribution < -0.4 is 4.74 Å². The summed E-state index contributed by atoms with van der Waals surface area (Å²) in [6, 6.07) is 4.53. The summed E-state index contributed by atoms with van der Waals surface area (Å²) in [6.07, 6.45) is -8.93. The first kappa shape index (κ1) is 20.7. The van der Waals surface area contributed by atoms with Gasteiger partial charge in [0.2, 0.25) is 6.29 Å². The summed E-state index contributed by atoms with van der Waals surface area (Å²) in [5, 5.41) is 38.7. The number of ketones is 1. The van der Waals surface area contributed by atoms with Crippen molar-refractivity contribution in [3.8, 4) is 5.75 Å². The quantitative estimate of drug-likeness (QED) is 0.273. The molecule has 0 bridgehead atoms. The highest BCUT2D eigenvalue weighted by molar-refractivity contribution is 6.10. The lowest BCUT2D eigenvalue weighted by atomic mass is 9.99. The molecule has 1 aromatic carbocycles. The lowest BCUT2D eigenvalue weighted by Gasteiger charge is -2.37. The number of benzene rings is 1. The van der Waals surface area contributed by atoms with Crippen molar-refractivity contribution in [2.24, 2.45) is 0 Å². The number of aliphatic hydroxyl groups is 3. The molecule has 1 fully saturated rings. The van der Waals surface area contributed by atoms with Crippen molar-refractivity contribution < 1.29 is 53.4 Å². The number of hydrogen-bond acceptors (Lipinski definition) is 10. The fraction of sp³-hybridized carbons (Fsp3) is 0.389. The molecule has 1 aliphatic rings. The van der Waals surface area contributed by atoms with E-state index in [4.69, 9.17) is 23.7 Å². The number of aliphatic hydroxyl groups excluding tert-OH is 3. The third kappa shape index (κ3) is 3.93. The van der Waals surface area contributed by atoms with Gasteiger partial charge in [-0.25, -0.2) is 4.79 Å². The van der Waals surface area contributed by atoms with E-state index in [2.05, 4.69) is 0 Å². The van der Waals surface area contributed by atoms with Crippen LogP contribution in [0.15, 0.2) is 28.9 Å². The molecule has 1 aromatic heterocycles. The first-order valence-electron chi connectivity index (χ1n) is 8.44. The zero-order valence-electron chi connectivity index (χ0n) is 15.0. The Kier molecular flexibility index (Phi) is 5.84. The number of carboxylic acid groups (broad SMARTS) is 1. The van der Waals surface area contributed by atoms with Crippen molar-refractivity contribution in [3.05, 3.63) is 30.0 Å². The molecule has 0 aliphatic carbocycles. The standard InChI is InChI=1S/C18H18O11/c1-26-15-7(2-3-10-8(15)4-5-27-10)9(19)6-11(20)28-18-14(23)12(21)13(22)16(29-18)17(24)25/h2-5,12-14,16,18,21-23H,6H2,1H3,(H,24,25). The molecule has 0 amide bonds. The Morgan fingerprint density at radius 3 is 2.45 bits per heavy atom. The van der Waals surface area contributed by atoms with Crippen molar-refractivity contribution in [3.63, 3.8) is 0 Å². The van der Waals surface area contributed by atoms with E-state index in [1.54, 1.807) is 6.07 Å². The summed E-state index contributed by atoms with van der Waals surface area (Å²) in [7, 11) is 1.35. The fourth-order valence-corrected chi connectivity index (χ4v) is 3.00. The number of fused-ring (bicyclic) bond motifs is 1. The molecule has 2 heterocycles. The van der Waals surface area contributed by atoms with Gasteiger partial charge in [0.15, 0.2) is 11.9 Å². The molecule has 156 valence electrons. The van der Waals surface area contributed by atoms with Gasteiger partial charge in [0.05, 0.1) is 24.3 Å². The van der Waals surface area contributed by atoms with Crippen molar-refractivity contribution >= 4 is 28.7 Å². The van der Waals surface area contributed by atoms with E-state index >= 15 is 0 Å². The van der Waals surface area contributed by atoms with Gasteiger partial charge in [0, 0.05) is 0 Å². The summed E-state index contributed by atoms with van der Waals surface area (Å²) in [5.41, 5.74) is 0.564. The third-order valence-corrected chi connectivity index (χ3v) is 4.46. The van der Waals surface area contributed by atoms with Crippen LogP contribution in [0.5, 0.6) is 5.75 Å². The van der Waals surface area contributed by atoms with E-state index in [9.17, 15) is 29.7 Å². The second kappa shape index (κ2) is 8.17. The minimum atomic E-state index is -1.93. The summed E-state index contributed by atoms with van der Waals surface area (Å²) < 4.78 is 20.1. The molecule has 5 unspecified atom stereocenters. The van der Waals surface area contributed by atoms with E-state index in [1.165, 1.54) is 25.5 Å². The summed E-state index contributed by atoms with van der Waals surface area (Å²) in [6.45, 7) is 0. The highest BCUT2D eigenvalue weighted by Gasteiger charge is 2.48. The monoisotopic (exact) mass is 410 g/mol.